The van der Waals surface area contributed by atoms with Gasteiger partial charge in [0.2, 0.25) is 5.78 Å². The van der Waals surface area contributed by atoms with Gasteiger partial charge >= 0.3 is 5.97 Å². The van der Waals surface area contributed by atoms with Crippen LogP contribution in [0.5, 0.6) is 0 Å². The van der Waals surface area contributed by atoms with Gasteiger partial charge in [-0.1, -0.05) is 23.8 Å². The first-order valence-corrected chi connectivity index (χ1v) is 10.2. The molecule has 1 aliphatic heterocycles. The Bertz CT molecular complexity index is 1390. The Labute approximate surface area is 193 Å². The lowest BCUT2D eigenvalue weighted by Gasteiger charge is -2.13. The van der Waals surface area contributed by atoms with Crippen molar-refractivity contribution in [2.45, 2.75) is 13.8 Å². The molecule has 4 rings (SSSR count). The maximum atomic E-state index is 12.9. The molecule has 3 aromatic rings. The zero-order valence-electron chi connectivity index (χ0n) is 18.2. The molecule has 0 saturated carbocycles. The van der Waals surface area contributed by atoms with E-state index in [9.17, 15) is 29.3 Å². The van der Waals surface area contributed by atoms with Gasteiger partial charge in [-0.25, -0.2) is 9.69 Å². The number of amides is 2. The smallest absolute Gasteiger partial charge is 0.338 e. The first kappa shape index (κ1) is 22.5. The van der Waals surface area contributed by atoms with Crippen LogP contribution in [0.3, 0.4) is 0 Å². The van der Waals surface area contributed by atoms with Gasteiger partial charge < -0.3 is 4.74 Å². The number of fused-ring (bicyclic) bond motifs is 1. The number of rotatable bonds is 6. The summed E-state index contributed by atoms with van der Waals surface area (Å²) in [5.41, 5.74) is 1.90. The minimum absolute atomic E-state index is 0.00504. The number of nitro benzene ring substituents is 1. The van der Waals surface area contributed by atoms with Gasteiger partial charge in [0.25, 0.3) is 17.5 Å². The Morgan fingerprint density at radius 2 is 1.68 bits per heavy atom. The highest BCUT2D eigenvalue weighted by molar-refractivity contribution is 6.34. The molecule has 9 nitrogen and oxygen atoms in total. The predicted octanol–water partition coefficient (Wildman–Crippen LogP) is 4.05. The van der Waals surface area contributed by atoms with Crippen LogP contribution in [-0.4, -0.2) is 35.1 Å². The molecule has 0 atom stereocenters. The van der Waals surface area contributed by atoms with Crippen LogP contribution in [0.2, 0.25) is 0 Å². The number of Topliss-reactive ketones (excluding diaryl/α,β-unsaturated/α-hetero) is 1. The number of hydrogen-bond donors (Lipinski definition) is 0. The van der Waals surface area contributed by atoms with Crippen LogP contribution < -0.4 is 4.90 Å². The van der Waals surface area contributed by atoms with E-state index in [-0.39, 0.29) is 33.8 Å². The minimum Gasteiger partial charge on any atom is -0.454 e. The Morgan fingerprint density at radius 1 is 0.941 bits per heavy atom. The Hall–Kier alpha value is -4.66. The average Bonchev–Trinajstić information content (AvgIpc) is 3.08. The summed E-state index contributed by atoms with van der Waals surface area (Å²) in [4.78, 5) is 61.9. The molecule has 3 aromatic carbocycles. The molecule has 34 heavy (non-hydrogen) atoms. The zero-order valence-corrected chi connectivity index (χ0v) is 18.2. The molecular weight excluding hydrogens is 440 g/mol. The number of ether oxygens (including phenoxy) is 1. The third-order valence-corrected chi connectivity index (χ3v) is 5.45. The van der Waals surface area contributed by atoms with Crippen molar-refractivity contribution in [1.29, 1.82) is 0 Å². The molecule has 0 saturated heterocycles. The van der Waals surface area contributed by atoms with E-state index in [4.69, 9.17) is 4.74 Å². The van der Waals surface area contributed by atoms with E-state index >= 15 is 0 Å². The molecule has 0 spiro atoms. The van der Waals surface area contributed by atoms with Crippen molar-refractivity contribution in [3.05, 3.63) is 104 Å². The maximum absolute atomic E-state index is 12.9. The van der Waals surface area contributed by atoms with Crippen LogP contribution in [0.1, 0.15) is 52.6 Å². The summed E-state index contributed by atoms with van der Waals surface area (Å²) in [6.45, 7) is 3.15. The third-order valence-electron chi connectivity index (χ3n) is 5.45. The molecule has 0 unspecified atom stereocenters. The van der Waals surface area contributed by atoms with E-state index in [0.29, 0.717) is 5.56 Å². The molecule has 9 heteroatoms. The number of hydrogen-bond acceptors (Lipinski definition) is 7. The van der Waals surface area contributed by atoms with Gasteiger partial charge in [-0.3, -0.25) is 24.5 Å². The predicted molar refractivity (Wildman–Crippen MR) is 121 cm³/mol. The Balaban J connectivity index is 1.53. The molecule has 1 aliphatic rings. The molecule has 0 bridgehead atoms. The first-order chi connectivity index (χ1) is 16.2. The highest BCUT2D eigenvalue weighted by Gasteiger charge is 2.37. The van der Waals surface area contributed by atoms with E-state index in [1.54, 1.807) is 19.1 Å². The van der Waals surface area contributed by atoms with E-state index in [1.165, 1.54) is 36.4 Å². The van der Waals surface area contributed by atoms with Crippen LogP contribution in [0.15, 0.2) is 60.7 Å². The first-order valence-electron chi connectivity index (χ1n) is 10.2. The summed E-state index contributed by atoms with van der Waals surface area (Å²) in [6, 6.07) is 14.4. The molecule has 170 valence electrons. The fourth-order valence-corrected chi connectivity index (χ4v) is 3.68. The van der Waals surface area contributed by atoms with E-state index in [1.807, 2.05) is 13.0 Å². The van der Waals surface area contributed by atoms with E-state index in [0.717, 1.165) is 22.1 Å². The highest BCUT2D eigenvalue weighted by atomic mass is 16.6. The van der Waals surface area contributed by atoms with Gasteiger partial charge in [0.05, 0.1) is 27.3 Å². The Morgan fingerprint density at radius 3 is 2.41 bits per heavy atom. The lowest BCUT2D eigenvalue weighted by Crippen LogP contribution is -2.29. The lowest BCUT2D eigenvalue weighted by atomic mass is 10.0. The van der Waals surface area contributed by atoms with Crippen molar-refractivity contribution < 1.29 is 28.8 Å². The average molecular weight is 458 g/mol. The number of carbonyl (C=O) groups is 4. The summed E-state index contributed by atoms with van der Waals surface area (Å²) in [5, 5.41) is 11.0. The summed E-state index contributed by atoms with van der Waals surface area (Å²) in [6.07, 6.45) is 0. The fourth-order valence-electron chi connectivity index (χ4n) is 3.68. The minimum atomic E-state index is -0.824. The number of benzene rings is 3. The quantitative estimate of drug-likeness (QED) is 0.179. The number of nitrogens with zero attached hydrogens (tertiary/aromatic N) is 2. The number of esters is 1. The maximum Gasteiger partial charge on any atom is 0.338 e. The number of non-ortho nitro benzene ring substituents is 1. The normalized spacial score (nSPS) is 12.5. The number of aryl methyl sites for hydroxylation is 2. The lowest BCUT2D eigenvalue weighted by molar-refractivity contribution is -0.384. The van der Waals surface area contributed by atoms with Crippen LogP contribution in [0.4, 0.5) is 11.4 Å². The van der Waals surface area contributed by atoms with Crippen molar-refractivity contribution in [3.8, 4) is 0 Å². The molecule has 1 heterocycles. The summed E-state index contributed by atoms with van der Waals surface area (Å²) < 4.78 is 5.14. The largest absolute Gasteiger partial charge is 0.454 e. The van der Waals surface area contributed by atoms with Gasteiger partial charge in [0.15, 0.2) is 6.61 Å². The number of imide groups is 1. The van der Waals surface area contributed by atoms with Crippen molar-refractivity contribution in [2.75, 3.05) is 11.5 Å². The van der Waals surface area contributed by atoms with Crippen LogP contribution >= 0.6 is 0 Å². The highest BCUT2D eigenvalue weighted by Crippen LogP contribution is 2.31. The number of ketones is 1. The van der Waals surface area contributed by atoms with Gasteiger partial charge in [0, 0.05) is 17.7 Å². The number of anilines is 1. The molecule has 2 amide bonds. The fraction of sp³-hybridized carbons (Fsp3) is 0.120. The second kappa shape index (κ2) is 8.70. The van der Waals surface area contributed by atoms with Gasteiger partial charge in [-0.15, -0.1) is 0 Å². The van der Waals surface area contributed by atoms with E-state index < -0.39 is 29.3 Å². The number of nitro groups is 1. The van der Waals surface area contributed by atoms with Crippen molar-refractivity contribution in [3.63, 3.8) is 0 Å². The standard InChI is InChI=1S/C25H18N2O7/c1-14-6-7-15(2)20(10-14)22(28)13-34-25(31)16-8-9-19-21(11-16)24(30)26(23(19)29)17-4-3-5-18(12-17)27(32)33/h3-12H,13H2,1-2H3. The van der Waals surface area contributed by atoms with Crippen LogP contribution in [-0.2, 0) is 4.74 Å². The van der Waals surface area contributed by atoms with Gasteiger partial charge in [-0.2, -0.15) is 0 Å². The van der Waals surface area contributed by atoms with E-state index in [2.05, 4.69) is 0 Å². The second-order valence-corrected chi connectivity index (χ2v) is 7.80. The monoisotopic (exact) mass is 458 g/mol. The summed E-state index contributed by atoms with van der Waals surface area (Å²) >= 11 is 0. The van der Waals surface area contributed by atoms with Crippen molar-refractivity contribution in [2.24, 2.45) is 0 Å². The molecule has 0 radical (unpaired) electrons. The summed E-state index contributed by atoms with van der Waals surface area (Å²) in [7, 11) is 0. The van der Waals surface area contributed by atoms with Crippen molar-refractivity contribution in [1.82, 2.24) is 0 Å². The topological polar surface area (TPSA) is 124 Å². The SMILES string of the molecule is Cc1ccc(C)c(C(=O)COC(=O)c2ccc3c(c2)C(=O)N(c2cccc([N+](=O)[O-])c2)C3=O)c1. The zero-order chi connectivity index (χ0) is 24.6. The molecule has 0 aromatic heterocycles. The van der Waals surface area contributed by atoms with Gasteiger partial charge in [-0.05, 0) is 49.7 Å². The van der Waals surface area contributed by atoms with Crippen molar-refractivity contribution >= 4 is 34.9 Å². The molecule has 0 N–H and O–H groups in total. The van der Waals surface area contributed by atoms with Gasteiger partial charge in [0.1, 0.15) is 0 Å². The molecule has 0 fully saturated rings. The summed E-state index contributed by atoms with van der Waals surface area (Å²) in [5.74, 6) is -2.57. The number of carbonyl (C=O) groups excluding carboxylic acids is 4. The Kier molecular flexibility index (Phi) is 5.77. The third kappa shape index (κ3) is 4.06. The van der Waals surface area contributed by atoms with Crippen LogP contribution in [0.25, 0.3) is 0 Å². The molecular formula is C25H18N2O7. The van der Waals surface area contributed by atoms with Crippen LogP contribution in [0, 0.1) is 24.0 Å². The molecule has 0 aliphatic carbocycles. The second-order valence-electron chi connectivity index (χ2n) is 7.80.